The van der Waals surface area contributed by atoms with Crippen molar-refractivity contribution >= 4 is 39.6 Å². The predicted molar refractivity (Wildman–Crippen MR) is 105 cm³/mol. The summed E-state index contributed by atoms with van der Waals surface area (Å²) in [6.45, 7) is 3.22. The molecule has 0 spiro atoms. The van der Waals surface area contributed by atoms with Gasteiger partial charge in [-0.1, -0.05) is 33.6 Å². The molecule has 1 N–H and O–H groups in total. The minimum absolute atomic E-state index is 0.0847. The van der Waals surface area contributed by atoms with Crippen molar-refractivity contribution in [1.29, 1.82) is 5.26 Å². The van der Waals surface area contributed by atoms with Crippen molar-refractivity contribution in [2.45, 2.75) is 13.8 Å². The maximum absolute atomic E-state index is 12.4. The van der Waals surface area contributed by atoms with Crippen LogP contribution in [0.3, 0.4) is 0 Å². The van der Waals surface area contributed by atoms with Gasteiger partial charge in [0.05, 0.1) is 7.11 Å². The maximum Gasteiger partial charge on any atom is 0.308 e. The number of nitriles is 1. The molecular formula is C20H17BrN2O4. The molecule has 2 rings (SSSR count). The van der Waals surface area contributed by atoms with Crippen LogP contribution in [0.4, 0.5) is 5.69 Å². The first-order valence-corrected chi connectivity index (χ1v) is 8.69. The Hall–Kier alpha value is -3.11. The number of rotatable bonds is 5. The van der Waals surface area contributed by atoms with Crippen LogP contribution in [-0.2, 0) is 9.59 Å². The Morgan fingerprint density at radius 3 is 2.41 bits per heavy atom. The summed E-state index contributed by atoms with van der Waals surface area (Å²) >= 11 is 3.35. The molecule has 138 valence electrons. The smallest absolute Gasteiger partial charge is 0.308 e. The average Bonchev–Trinajstić information content (AvgIpc) is 2.62. The molecule has 0 saturated heterocycles. The Labute approximate surface area is 165 Å². The van der Waals surface area contributed by atoms with E-state index in [1.54, 1.807) is 24.3 Å². The minimum atomic E-state index is -0.531. The number of anilines is 1. The van der Waals surface area contributed by atoms with E-state index < -0.39 is 11.9 Å². The van der Waals surface area contributed by atoms with Crippen LogP contribution in [0, 0.1) is 18.3 Å². The summed E-state index contributed by atoms with van der Waals surface area (Å²) in [6, 6.07) is 12.2. The number of benzene rings is 2. The monoisotopic (exact) mass is 428 g/mol. The van der Waals surface area contributed by atoms with E-state index in [-0.39, 0.29) is 11.3 Å². The maximum atomic E-state index is 12.4. The van der Waals surface area contributed by atoms with Gasteiger partial charge in [-0.2, -0.15) is 5.26 Å². The van der Waals surface area contributed by atoms with Gasteiger partial charge in [0, 0.05) is 17.1 Å². The summed E-state index contributed by atoms with van der Waals surface area (Å²) in [4.78, 5) is 23.6. The Morgan fingerprint density at radius 2 is 1.85 bits per heavy atom. The molecular weight excluding hydrogens is 412 g/mol. The third-order valence-corrected chi connectivity index (χ3v) is 4.20. The quantitative estimate of drug-likeness (QED) is 0.333. The number of hydrogen-bond donors (Lipinski definition) is 1. The number of nitrogens with zero attached hydrogens (tertiary/aromatic N) is 1. The van der Waals surface area contributed by atoms with Gasteiger partial charge in [-0.3, -0.25) is 9.59 Å². The Kier molecular flexibility index (Phi) is 6.74. The molecule has 0 bridgehead atoms. The van der Waals surface area contributed by atoms with E-state index in [0.717, 1.165) is 5.56 Å². The van der Waals surface area contributed by atoms with E-state index in [9.17, 15) is 14.9 Å². The molecule has 6 nitrogen and oxygen atoms in total. The second-order valence-corrected chi connectivity index (χ2v) is 6.46. The highest BCUT2D eigenvalue weighted by atomic mass is 79.9. The molecule has 0 atom stereocenters. The van der Waals surface area contributed by atoms with Crippen LogP contribution in [0.15, 0.2) is 46.4 Å². The molecule has 1 amide bonds. The number of esters is 1. The van der Waals surface area contributed by atoms with Crippen LogP contribution in [0.2, 0.25) is 0 Å². The predicted octanol–water partition coefficient (Wildman–Crippen LogP) is 4.24. The number of hydrogen-bond acceptors (Lipinski definition) is 5. The third kappa shape index (κ3) is 5.43. The number of ether oxygens (including phenoxy) is 2. The van der Waals surface area contributed by atoms with E-state index in [4.69, 9.17) is 9.47 Å². The number of methoxy groups -OCH3 is 1. The first-order chi connectivity index (χ1) is 12.8. The lowest BCUT2D eigenvalue weighted by Crippen LogP contribution is -2.13. The lowest BCUT2D eigenvalue weighted by Gasteiger charge is -2.11. The number of aryl methyl sites for hydroxylation is 1. The van der Waals surface area contributed by atoms with Crippen LogP contribution in [0.1, 0.15) is 18.1 Å². The van der Waals surface area contributed by atoms with Crippen molar-refractivity contribution in [3.8, 4) is 17.6 Å². The topological polar surface area (TPSA) is 88.4 Å². The van der Waals surface area contributed by atoms with E-state index >= 15 is 0 Å². The largest absolute Gasteiger partial charge is 0.493 e. The highest BCUT2D eigenvalue weighted by Gasteiger charge is 2.14. The second kappa shape index (κ2) is 9.01. The van der Waals surface area contributed by atoms with E-state index in [0.29, 0.717) is 21.5 Å². The fourth-order valence-electron chi connectivity index (χ4n) is 2.20. The first kappa shape index (κ1) is 20.2. The van der Waals surface area contributed by atoms with Crippen LogP contribution in [-0.4, -0.2) is 19.0 Å². The molecule has 0 radical (unpaired) electrons. The summed E-state index contributed by atoms with van der Waals surface area (Å²) in [5.41, 5.74) is 2.10. The molecule has 0 heterocycles. The Morgan fingerprint density at radius 1 is 1.19 bits per heavy atom. The van der Waals surface area contributed by atoms with Crippen LogP contribution in [0.25, 0.3) is 6.08 Å². The van der Waals surface area contributed by atoms with E-state index in [1.165, 1.54) is 20.1 Å². The molecule has 0 aromatic heterocycles. The Bertz CT molecular complexity index is 944. The number of nitrogens with one attached hydrogen (secondary N) is 1. The molecule has 27 heavy (non-hydrogen) atoms. The number of carbonyl (C=O) groups is 2. The van der Waals surface area contributed by atoms with Crippen molar-refractivity contribution in [3.05, 3.63) is 57.6 Å². The van der Waals surface area contributed by atoms with Gasteiger partial charge in [-0.05, 0) is 42.8 Å². The first-order valence-electron chi connectivity index (χ1n) is 7.89. The average molecular weight is 429 g/mol. The molecule has 0 fully saturated rings. The van der Waals surface area contributed by atoms with Crippen LogP contribution < -0.4 is 14.8 Å². The number of halogens is 1. The van der Waals surface area contributed by atoms with Gasteiger partial charge in [0.2, 0.25) is 0 Å². The lowest BCUT2D eigenvalue weighted by atomic mass is 10.1. The molecule has 2 aromatic rings. The zero-order chi connectivity index (χ0) is 20.0. The standard InChI is InChI=1S/C20H17BrN2O4/c1-12-4-6-16(7-5-12)23-20(25)15(11-22)8-14-9-18(26-3)19(10-17(14)21)27-13(2)24/h4-10H,1-3H3,(H,23,25)/b15-8-. The normalized spacial score (nSPS) is 10.7. The summed E-state index contributed by atoms with van der Waals surface area (Å²) in [5, 5.41) is 12.1. The highest BCUT2D eigenvalue weighted by molar-refractivity contribution is 9.10. The van der Waals surface area contributed by atoms with E-state index in [1.807, 2.05) is 25.1 Å². The molecule has 0 saturated carbocycles. The number of carbonyl (C=O) groups excluding carboxylic acids is 2. The summed E-state index contributed by atoms with van der Waals surface area (Å²) in [5.74, 6) is -0.484. The zero-order valence-electron chi connectivity index (χ0n) is 15.0. The summed E-state index contributed by atoms with van der Waals surface area (Å²) in [6.07, 6.45) is 1.42. The van der Waals surface area contributed by atoms with Gasteiger partial charge < -0.3 is 14.8 Å². The molecule has 0 unspecified atom stereocenters. The van der Waals surface area contributed by atoms with Crippen LogP contribution in [0.5, 0.6) is 11.5 Å². The second-order valence-electron chi connectivity index (χ2n) is 5.61. The van der Waals surface area contributed by atoms with Gasteiger partial charge in [0.1, 0.15) is 11.6 Å². The van der Waals surface area contributed by atoms with Gasteiger partial charge in [0.25, 0.3) is 5.91 Å². The van der Waals surface area contributed by atoms with Gasteiger partial charge in [0.15, 0.2) is 11.5 Å². The summed E-state index contributed by atoms with van der Waals surface area (Å²) in [7, 11) is 1.43. The molecule has 0 aliphatic carbocycles. The van der Waals surface area contributed by atoms with Gasteiger partial charge in [-0.15, -0.1) is 0 Å². The van der Waals surface area contributed by atoms with Crippen molar-refractivity contribution in [3.63, 3.8) is 0 Å². The fraction of sp³-hybridized carbons (Fsp3) is 0.150. The molecule has 2 aromatic carbocycles. The van der Waals surface area contributed by atoms with Crippen molar-refractivity contribution in [1.82, 2.24) is 0 Å². The van der Waals surface area contributed by atoms with Gasteiger partial charge in [-0.25, -0.2) is 0 Å². The molecule has 7 heteroatoms. The van der Waals surface area contributed by atoms with E-state index in [2.05, 4.69) is 21.2 Å². The fourth-order valence-corrected chi connectivity index (χ4v) is 2.63. The SMILES string of the molecule is COc1cc(/C=C(/C#N)C(=O)Nc2ccc(C)cc2)c(Br)cc1OC(C)=O. The Balaban J connectivity index is 2.33. The zero-order valence-corrected chi connectivity index (χ0v) is 16.6. The highest BCUT2D eigenvalue weighted by Crippen LogP contribution is 2.34. The molecule has 0 aliphatic rings. The van der Waals surface area contributed by atoms with Crippen LogP contribution >= 0.6 is 15.9 Å². The van der Waals surface area contributed by atoms with Crippen molar-refractivity contribution in [2.24, 2.45) is 0 Å². The van der Waals surface area contributed by atoms with Crippen molar-refractivity contribution in [2.75, 3.05) is 12.4 Å². The van der Waals surface area contributed by atoms with Gasteiger partial charge >= 0.3 is 5.97 Å². The molecule has 0 aliphatic heterocycles. The summed E-state index contributed by atoms with van der Waals surface area (Å²) < 4.78 is 10.8. The minimum Gasteiger partial charge on any atom is -0.493 e. The van der Waals surface area contributed by atoms with Crippen molar-refractivity contribution < 1.29 is 19.1 Å². The number of amides is 1. The lowest BCUT2D eigenvalue weighted by molar-refractivity contribution is -0.132. The third-order valence-electron chi connectivity index (χ3n) is 3.51.